The van der Waals surface area contributed by atoms with Crippen molar-refractivity contribution < 1.29 is 0 Å². The molecule has 0 N–H and O–H groups in total. The first-order valence-electron chi connectivity index (χ1n) is 18.6. The third-order valence-corrected chi connectivity index (χ3v) is 11.5. The standard InChI is InChI=1S/C52H39N/c1-34-19-21-35(22-20-34)36-23-26-41(27-24-36)53(42-28-29-48-47(33-42)46-31-39-13-4-5-14-40(39)32-49(46)52(48,2)3)50-30-25-38-12-7-9-17-44(38)51(50)45-18-10-15-37-11-6-8-16-43(37)45/h4-33H,1-3H3. The molecule has 0 spiro atoms. The van der Waals surface area contributed by atoms with Gasteiger partial charge in [-0.1, -0.05) is 159 Å². The minimum atomic E-state index is -0.106. The van der Waals surface area contributed by atoms with Crippen molar-refractivity contribution in [2.45, 2.75) is 26.2 Å². The van der Waals surface area contributed by atoms with Crippen LogP contribution in [0, 0.1) is 6.92 Å². The van der Waals surface area contributed by atoms with Crippen LogP contribution in [-0.4, -0.2) is 0 Å². The van der Waals surface area contributed by atoms with Gasteiger partial charge in [-0.25, -0.2) is 0 Å². The zero-order valence-electron chi connectivity index (χ0n) is 30.3. The van der Waals surface area contributed by atoms with Crippen LogP contribution in [0.1, 0.15) is 30.5 Å². The predicted octanol–water partition coefficient (Wildman–Crippen LogP) is 14.6. The van der Waals surface area contributed by atoms with Crippen LogP contribution in [0.25, 0.3) is 65.7 Å². The van der Waals surface area contributed by atoms with Crippen molar-refractivity contribution in [1.82, 2.24) is 0 Å². The lowest BCUT2D eigenvalue weighted by Gasteiger charge is -2.30. The number of nitrogens with zero attached hydrogens (tertiary/aromatic N) is 1. The fourth-order valence-corrected chi connectivity index (χ4v) is 8.71. The molecule has 252 valence electrons. The number of hydrogen-bond acceptors (Lipinski definition) is 1. The van der Waals surface area contributed by atoms with E-state index in [2.05, 4.69) is 208 Å². The summed E-state index contributed by atoms with van der Waals surface area (Å²) >= 11 is 0. The molecule has 1 aliphatic carbocycles. The number of hydrogen-bond donors (Lipinski definition) is 0. The lowest BCUT2D eigenvalue weighted by molar-refractivity contribution is 0.661. The van der Waals surface area contributed by atoms with Crippen LogP contribution < -0.4 is 4.90 Å². The van der Waals surface area contributed by atoms with Crippen LogP contribution in [0.15, 0.2) is 182 Å². The summed E-state index contributed by atoms with van der Waals surface area (Å²) in [5, 5.41) is 7.52. The molecule has 1 heteroatoms. The largest absolute Gasteiger partial charge is 0.310 e. The van der Waals surface area contributed by atoms with Gasteiger partial charge in [0, 0.05) is 22.4 Å². The minimum Gasteiger partial charge on any atom is -0.310 e. The first kappa shape index (κ1) is 31.3. The van der Waals surface area contributed by atoms with Gasteiger partial charge in [0.1, 0.15) is 0 Å². The maximum absolute atomic E-state index is 2.48. The molecule has 9 aromatic rings. The van der Waals surface area contributed by atoms with Gasteiger partial charge in [-0.3, -0.25) is 0 Å². The van der Waals surface area contributed by atoms with Gasteiger partial charge in [0.05, 0.1) is 5.69 Å². The molecule has 0 bridgehead atoms. The van der Waals surface area contributed by atoms with Gasteiger partial charge in [0.25, 0.3) is 0 Å². The maximum Gasteiger partial charge on any atom is 0.0546 e. The topological polar surface area (TPSA) is 3.24 Å². The van der Waals surface area contributed by atoms with Gasteiger partial charge < -0.3 is 4.90 Å². The first-order valence-corrected chi connectivity index (χ1v) is 18.6. The first-order chi connectivity index (χ1) is 25.9. The fraction of sp³-hybridized carbons (Fsp3) is 0.0769. The monoisotopic (exact) mass is 677 g/mol. The van der Waals surface area contributed by atoms with E-state index in [-0.39, 0.29) is 5.41 Å². The van der Waals surface area contributed by atoms with Gasteiger partial charge >= 0.3 is 0 Å². The Bertz CT molecular complexity index is 2850. The molecule has 10 rings (SSSR count). The van der Waals surface area contributed by atoms with Gasteiger partial charge in [-0.2, -0.15) is 0 Å². The minimum absolute atomic E-state index is 0.106. The van der Waals surface area contributed by atoms with E-state index >= 15 is 0 Å². The highest BCUT2D eigenvalue weighted by Gasteiger charge is 2.36. The zero-order chi connectivity index (χ0) is 35.7. The van der Waals surface area contributed by atoms with Gasteiger partial charge in [0.2, 0.25) is 0 Å². The maximum atomic E-state index is 2.48. The van der Waals surface area contributed by atoms with Crippen LogP contribution >= 0.6 is 0 Å². The van der Waals surface area contributed by atoms with E-state index in [0.29, 0.717) is 0 Å². The summed E-state index contributed by atoms with van der Waals surface area (Å²) in [6, 6.07) is 67.5. The Morgan fingerprint density at radius 2 is 0.962 bits per heavy atom. The van der Waals surface area contributed by atoms with Crippen molar-refractivity contribution in [1.29, 1.82) is 0 Å². The number of anilines is 3. The Morgan fingerprint density at radius 3 is 1.70 bits per heavy atom. The molecule has 0 heterocycles. The van der Waals surface area contributed by atoms with E-state index in [4.69, 9.17) is 0 Å². The molecule has 0 unspecified atom stereocenters. The van der Waals surface area contributed by atoms with Crippen molar-refractivity contribution in [2.75, 3.05) is 4.90 Å². The van der Waals surface area contributed by atoms with Crippen LogP contribution in [0.5, 0.6) is 0 Å². The summed E-state index contributed by atoms with van der Waals surface area (Å²) in [6.45, 7) is 6.88. The fourth-order valence-electron chi connectivity index (χ4n) is 8.71. The van der Waals surface area contributed by atoms with Crippen molar-refractivity contribution in [3.63, 3.8) is 0 Å². The van der Waals surface area contributed by atoms with Crippen LogP contribution in [-0.2, 0) is 5.41 Å². The smallest absolute Gasteiger partial charge is 0.0546 e. The molecule has 0 atom stereocenters. The second kappa shape index (κ2) is 12.1. The molecule has 0 saturated heterocycles. The van der Waals surface area contributed by atoms with Crippen molar-refractivity contribution in [3.05, 3.63) is 199 Å². The zero-order valence-corrected chi connectivity index (χ0v) is 30.3. The van der Waals surface area contributed by atoms with Gasteiger partial charge in [-0.05, 0) is 121 Å². The SMILES string of the molecule is Cc1ccc(-c2ccc(N(c3ccc4c(c3)-c3cc5ccccc5cc3C4(C)C)c3ccc4ccccc4c3-c3cccc4ccccc34)cc2)cc1. The molecular formula is C52H39N. The third kappa shape index (κ3) is 5.07. The molecule has 0 aromatic heterocycles. The highest BCUT2D eigenvalue weighted by Crippen LogP contribution is 2.53. The van der Waals surface area contributed by atoms with Crippen LogP contribution in [0.4, 0.5) is 17.1 Å². The highest BCUT2D eigenvalue weighted by molar-refractivity contribution is 6.11. The molecule has 1 nitrogen and oxygen atoms in total. The second-order valence-electron chi connectivity index (χ2n) is 15.1. The molecular weight excluding hydrogens is 639 g/mol. The van der Waals surface area contributed by atoms with E-state index in [1.165, 1.54) is 82.4 Å². The lowest BCUT2D eigenvalue weighted by Crippen LogP contribution is -2.15. The Labute approximate surface area is 311 Å². The number of benzene rings is 9. The van der Waals surface area contributed by atoms with Gasteiger partial charge in [-0.15, -0.1) is 0 Å². The number of aryl methyl sites for hydroxylation is 1. The summed E-state index contributed by atoms with van der Waals surface area (Å²) in [6.07, 6.45) is 0. The van der Waals surface area contributed by atoms with E-state index in [0.717, 1.165) is 17.1 Å². The van der Waals surface area contributed by atoms with Gasteiger partial charge in [0.15, 0.2) is 0 Å². The normalized spacial score (nSPS) is 13.0. The van der Waals surface area contributed by atoms with Crippen molar-refractivity contribution in [3.8, 4) is 33.4 Å². The molecule has 0 aliphatic heterocycles. The average molecular weight is 678 g/mol. The van der Waals surface area contributed by atoms with Crippen LogP contribution in [0.3, 0.4) is 0 Å². The Morgan fingerprint density at radius 1 is 0.396 bits per heavy atom. The van der Waals surface area contributed by atoms with E-state index in [9.17, 15) is 0 Å². The van der Waals surface area contributed by atoms with E-state index < -0.39 is 0 Å². The van der Waals surface area contributed by atoms with Crippen molar-refractivity contribution in [2.24, 2.45) is 0 Å². The molecule has 1 aliphatic rings. The summed E-state index contributed by atoms with van der Waals surface area (Å²) in [4.78, 5) is 2.48. The summed E-state index contributed by atoms with van der Waals surface area (Å²) in [5.74, 6) is 0. The Balaban J connectivity index is 1.24. The molecule has 0 saturated carbocycles. The molecule has 0 radical (unpaired) electrons. The van der Waals surface area contributed by atoms with Crippen LogP contribution in [0.2, 0.25) is 0 Å². The Kier molecular flexibility index (Phi) is 7.13. The van der Waals surface area contributed by atoms with Crippen molar-refractivity contribution >= 4 is 49.4 Å². The Hall–Kier alpha value is -6.44. The number of fused-ring (bicyclic) bond motifs is 6. The van der Waals surface area contributed by atoms with E-state index in [1.54, 1.807) is 0 Å². The molecule has 0 amide bonds. The molecule has 0 fully saturated rings. The highest BCUT2D eigenvalue weighted by atomic mass is 15.1. The quantitative estimate of drug-likeness (QED) is 0.175. The summed E-state index contributed by atoms with van der Waals surface area (Å²) in [5.41, 5.74) is 14.9. The molecule has 9 aromatic carbocycles. The number of rotatable bonds is 5. The predicted molar refractivity (Wildman–Crippen MR) is 227 cm³/mol. The average Bonchev–Trinajstić information content (AvgIpc) is 3.42. The van der Waals surface area contributed by atoms with E-state index in [1.807, 2.05) is 0 Å². The second-order valence-corrected chi connectivity index (χ2v) is 15.1. The summed E-state index contributed by atoms with van der Waals surface area (Å²) < 4.78 is 0. The summed E-state index contributed by atoms with van der Waals surface area (Å²) in [7, 11) is 0. The lowest BCUT2D eigenvalue weighted by atomic mass is 9.82. The third-order valence-electron chi connectivity index (χ3n) is 11.5. The molecule has 53 heavy (non-hydrogen) atoms.